The molecule has 1 unspecified atom stereocenters. The summed E-state index contributed by atoms with van der Waals surface area (Å²) in [6.45, 7) is 6.22. The molecule has 0 aliphatic carbocycles. The fourth-order valence-electron chi connectivity index (χ4n) is 2.97. The summed E-state index contributed by atoms with van der Waals surface area (Å²) in [7, 11) is 3.24. The molecule has 0 radical (unpaired) electrons. The number of aliphatic hydroxyl groups is 1. The zero-order valence-electron chi connectivity index (χ0n) is 12.8. The number of ether oxygens (including phenoxy) is 2. The molecule has 1 heterocycles. The Kier molecular flexibility index (Phi) is 4.55. The van der Waals surface area contributed by atoms with E-state index in [0.717, 1.165) is 18.7 Å². The van der Waals surface area contributed by atoms with Crippen molar-refractivity contribution < 1.29 is 14.6 Å². The third-order valence-corrected chi connectivity index (χ3v) is 4.33. The van der Waals surface area contributed by atoms with Gasteiger partial charge in [-0.05, 0) is 51.9 Å². The van der Waals surface area contributed by atoms with Crippen molar-refractivity contribution in [2.45, 2.75) is 38.3 Å². The van der Waals surface area contributed by atoms with Crippen LogP contribution in [-0.2, 0) is 0 Å². The fourth-order valence-corrected chi connectivity index (χ4v) is 2.97. The van der Waals surface area contributed by atoms with Gasteiger partial charge in [-0.25, -0.2) is 0 Å². The zero-order valence-corrected chi connectivity index (χ0v) is 12.8. The van der Waals surface area contributed by atoms with Crippen molar-refractivity contribution in [3.8, 4) is 11.5 Å². The molecule has 0 spiro atoms. The predicted molar refractivity (Wildman–Crippen MR) is 79.4 cm³/mol. The summed E-state index contributed by atoms with van der Waals surface area (Å²) in [5.74, 6) is 1.34. The van der Waals surface area contributed by atoms with Crippen LogP contribution in [0.3, 0.4) is 0 Å². The first kappa shape index (κ1) is 15.1. The Morgan fingerprint density at radius 3 is 2.05 bits per heavy atom. The summed E-state index contributed by atoms with van der Waals surface area (Å²) >= 11 is 0. The molecule has 4 nitrogen and oxygen atoms in total. The maximum Gasteiger partial charge on any atom is 0.128 e. The first-order valence-electron chi connectivity index (χ1n) is 7.16. The minimum atomic E-state index is -0.660. The van der Waals surface area contributed by atoms with Crippen molar-refractivity contribution in [3.05, 3.63) is 23.8 Å². The van der Waals surface area contributed by atoms with Crippen molar-refractivity contribution in [1.29, 1.82) is 0 Å². The number of rotatable bonds is 5. The smallest absolute Gasteiger partial charge is 0.128 e. The van der Waals surface area contributed by atoms with E-state index in [4.69, 9.17) is 9.47 Å². The summed E-state index contributed by atoms with van der Waals surface area (Å²) in [4.78, 5) is 2.34. The lowest BCUT2D eigenvalue weighted by Gasteiger charge is -2.40. The number of benzene rings is 1. The molecule has 1 atom stereocenters. The van der Waals surface area contributed by atoms with Gasteiger partial charge in [0.25, 0.3) is 0 Å². The summed E-state index contributed by atoms with van der Waals surface area (Å²) in [6.07, 6.45) is 1.73. The van der Waals surface area contributed by atoms with Gasteiger partial charge in [0, 0.05) is 5.54 Å². The number of methoxy groups -OCH3 is 2. The van der Waals surface area contributed by atoms with Crippen molar-refractivity contribution in [1.82, 2.24) is 4.90 Å². The molecule has 0 amide bonds. The van der Waals surface area contributed by atoms with E-state index in [1.165, 1.54) is 12.8 Å². The van der Waals surface area contributed by atoms with Gasteiger partial charge in [0.1, 0.15) is 17.6 Å². The van der Waals surface area contributed by atoms with E-state index in [1.54, 1.807) is 14.2 Å². The molecule has 4 heteroatoms. The van der Waals surface area contributed by atoms with E-state index in [0.29, 0.717) is 11.5 Å². The van der Waals surface area contributed by atoms with Crippen molar-refractivity contribution in [2.75, 3.05) is 27.3 Å². The van der Waals surface area contributed by atoms with Crippen LogP contribution in [0.15, 0.2) is 18.2 Å². The Morgan fingerprint density at radius 2 is 1.60 bits per heavy atom. The molecule has 1 aliphatic rings. The van der Waals surface area contributed by atoms with Crippen LogP contribution in [0.1, 0.15) is 38.4 Å². The number of aliphatic hydroxyl groups excluding tert-OH is 1. The van der Waals surface area contributed by atoms with Gasteiger partial charge in [-0.2, -0.15) is 0 Å². The lowest BCUT2D eigenvalue weighted by Crippen LogP contribution is -2.47. The minimum Gasteiger partial charge on any atom is -0.496 e. The summed E-state index contributed by atoms with van der Waals surface area (Å²) in [5, 5.41) is 10.9. The molecule has 1 aromatic carbocycles. The molecule has 0 bridgehead atoms. The molecular formula is C16H25NO3. The summed E-state index contributed by atoms with van der Waals surface area (Å²) in [6, 6.07) is 5.60. The predicted octanol–water partition coefficient (Wildman–Crippen LogP) is 2.61. The Labute approximate surface area is 121 Å². The monoisotopic (exact) mass is 279 g/mol. The van der Waals surface area contributed by atoms with Crippen LogP contribution in [0.4, 0.5) is 0 Å². The second-order valence-corrected chi connectivity index (χ2v) is 5.83. The second-order valence-electron chi connectivity index (χ2n) is 5.83. The number of nitrogens with zero attached hydrogens (tertiary/aromatic N) is 1. The van der Waals surface area contributed by atoms with Crippen LogP contribution < -0.4 is 9.47 Å². The Bertz CT molecular complexity index is 431. The number of hydrogen-bond acceptors (Lipinski definition) is 4. The molecule has 1 saturated heterocycles. The lowest BCUT2D eigenvalue weighted by atomic mass is 9.88. The normalized spacial score (nSPS) is 18.1. The zero-order chi connectivity index (χ0) is 14.8. The largest absolute Gasteiger partial charge is 0.496 e. The first-order chi connectivity index (χ1) is 9.52. The van der Waals surface area contributed by atoms with Gasteiger partial charge < -0.3 is 14.6 Å². The average molecular weight is 279 g/mol. The highest BCUT2D eigenvalue weighted by atomic mass is 16.5. The maximum absolute atomic E-state index is 10.9. The molecule has 0 saturated carbocycles. The quantitative estimate of drug-likeness (QED) is 0.899. The fraction of sp³-hybridized carbons (Fsp3) is 0.625. The van der Waals surface area contributed by atoms with Gasteiger partial charge in [0.15, 0.2) is 0 Å². The van der Waals surface area contributed by atoms with E-state index in [-0.39, 0.29) is 5.54 Å². The SMILES string of the molecule is COc1cccc(OC)c1C(O)C(C)(C)N1CCCC1. The third-order valence-electron chi connectivity index (χ3n) is 4.33. The van der Waals surface area contributed by atoms with E-state index in [2.05, 4.69) is 18.7 Å². The minimum absolute atomic E-state index is 0.349. The van der Waals surface area contributed by atoms with Crippen LogP contribution in [0, 0.1) is 0 Å². The number of likely N-dealkylation sites (tertiary alicyclic amines) is 1. The molecule has 112 valence electrons. The van der Waals surface area contributed by atoms with E-state index in [1.807, 2.05) is 18.2 Å². The maximum atomic E-state index is 10.9. The van der Waals surface area contributed by atoms with E-state index >= 15 is 0 Å². The molecular weight excluding hydrogens is 254 g/mol. The Balaban J connectivity index is 2.38. The van der Waals surface area contributed by atoms with E-state index in [9.17, 15) is 5.11 Å². The van der Waals surface area contributed by atoms with Crippen molar-refractivity contribution >= 4 is 0 Å². The highest BCUT2D eigenvalue weighted by molar-refractivity contribution is 5.47. The number of hydrogen-bond donors (Lipinski definition) is 1. The van der Waals surface area contributed by atoms with E-state index < -0.39 is 6.10 Å². The lowest BCUT2D eigenvalue weighted by molar-refractivity contribution is -0.00122. The van der Waals surface area contributed by atoms with Crippen LogP contribution in [0.2, 0.25) is 0 Å². The summed E-state index contributed by atoms with van der Waals surface area (Å²) in [5.41, 5.74) is 0.382. The summed E-state index contributed by atoms with van der Waals surface area (Å²) < 4.78 is 10.8. The highest BCUT2D eigenvalue weighted by Crippen LogP contribution is 2.41. The topological polar surface area (TPSA) is 41.9 Å². The molecule has 2 rings (SSSR count). The van der Waals surface area contributed by atoms with Gasteiger partial charge in [-0.15, -0.1) is 0 Å². The highest BCUT2D eigenvalue weighted by Gasteiger charge is 2.39. The van der Waals surface area contributed by atoms with Gasteiger partial charge >= 0.3 is 0 Å². The van der Waals surface area contributed by atoms with Crippen molar-refractivity contribution in [3.63, 3.8) is 0 Å². The van der Waals surface area contributed by atoms with Crippen LogP contribution >= 0.6 is 0 Å². The van der Waals surface area contributed by atoms with Crippen LogP contribution in [0.25, 0.3) is 0 Å². The van der Waals surface area contributed by atoms with Crippen LogP contribution in [0.5, 0.6) is 11.5 Å². The molecule has 1 fully saturated rings. The molecule has 1 aliphatic heterocycles. The van der Waals surface area contributed by atoms with Gasteiger partial charge in [-0.3, -0.25) is 4.90 Å². The Hall–Kier alpha value is -1.26. The van der Waals surface area contributed by atoms with Crippen LogP contribution in [-0.4, -0.2) is 42.9 Å². The third kappa shape index (κ3) is 2.63. The first-order valence-corrected chi connectivity index (χ1v) is 7.16. The van der Waals surface area contributed by atoms with Gasteiger partial charge in [-0.1, -0.05) is 6.07 Å². The second kappa shape index (κ2) is 6.02. The standard InChI is InChI=1S/C16H25NO3/c1-16(2,17-10-5-6-11-17)15(18)14-12(19-3)8-7-9-13(14)20-4/h7-9,15,18H,5-6,10-11H2,1-4H3. The van der Waals surface area contributed by atoms with Gasteiger partial charge in [0.2, 0.25) is 0 Å². The van der Waals surface area contributed by atoms with Crippen molar-refractivity contribution in [2.24, 2.45) is 0 Å². The molecule has 1 aromatic rings. The Morgan fingerprint density at radius 1 is 1.10 bits per heavy atom. The van der Waals surface area contributed by atoms with Gasteiger partial charge in [0.05, 0.1) is 19.8 Å². The average Bonchev–Trinajstić information content (AvgIpc) is 3.00. The molecule has 20 heavy (non-hydrogen) atoms. The molecule has 1 N–H and O–H groups in total. The molecule has 0 aromatic heterocycles.